The summed E-state index contributed by atoms with van der Waals surface area (Å²) >= 11 is 0. The lowest BCUT2D eigenvalue weighted by Gasteiger charge is -2.15. The normalized spacial score (nSPS) is 12.9. The fourth-order valence-electron chi connectivity index (χ4n) is 1.86. The smallest absolute Gasteiger partial charge is 0.469 e. The Morgan fingerprint density at radius 1 is 1.09 bits per heavy atom. The lowest BCUT2D eigenvalue weighted by atomic mass is 10.1. The van der Waals surface area contributed by atoms with Gasteiger partial charge in [0.2, 0.25) is 5.91 Å². The number of nitrogens with one attached hydrogen (secondary N) is 1. The molecular formula is C13H26NO7P. The molecule has 0 rings (SSSR count). The molecule has 0 fully saturated rings. The number of unbranched alkanes of at least 4 members (excludes halogenated alkanes) is 6. The van der Waals surface area contributed by atoms with Crippen LogP contribution in [0.5, 0.6) is 0 Å². The van der Waals surface area contributed by atoms with Gasteiger partial charge < -0.3 is 20.2 Å². The first-order chi connectivity index (χ1) is 10.3. The number of carbonyl (C=O) groups is 2. The largest absolute Gasteiger partial charge is 0.480 e. The van der Waals surface area contributed by atoms with Crippen LogP contribution in [0.4, 0.5) is 0 Å². The van der Waals surface area contributed by atoms with Crippen LogP contribution in [0.3, 0.4) is 0 Å². The van der Waals surface area contributed by atoms with Crippen molar-refractivity contribution in [1.82, 2.24) is 5.32 Å². The molecule has 0 aromatic heterocycles. The third-order valence-electron chi connectivity index (χ3n) is 3.05. The van der Waals surface area contributed by atoms with E-state index in [0.717, 1.165) is 19.3 Å². The third kappa shape index (κ3) is 12.8. The Hall–Kier alpha value is -0.950. The highest BCUT2D eigenvalue weighted by Crippen LogP contribution is 2.35. The van der Waals surface area contributed by atoms with Gasteiger partial charge in [0.1, 0.15) is 0 Å². The van der Waals surface area contributed by atoms with Gasteiger partial charge in [-0.3, -0.25) is 9.32 Å². The first kappa shape index (κ1) is 21.0. The summed E-state index contributed by atoms with van der Waals surface area (Å²) in [6, 6.07) is -1.47. The van der Waals surface area contributed by atoms with Gasteiger partial charge >= 0.3 is 13.8 Å². The van der Waals surface area contributed by atoms with Crippen LogP contribution >= 0.6 is 7.82 Å². The third-order valence-corrected chi connectivity index (χ3v) is 3.54. The summed E-state index contributed by atoms with van der Waals surface area (Å²) in [7, 11) is -4.76. The summed E-state index contributed by atoms with van der Waals surface area (Å²) in [5, 5.41) is 11.1. The van der Waals surface area contributed by atoms with E-state index in [9.17, 15) is 14.2 Å². The maximum atomic E-state index is 11.6. The van der Waals surface area contributed by atoms with E-state index in [0.29, 0.717) is 6.42 Å². The van der Waals surface area contributed by atoms with E-state index in [2.05, 4.69) is 16.8 Å². The van der Waals surface area contributed by atoms with Crippen LogP contribution in [-0.4, -0.2) is 39.4 Å². The number of carboxylic acid groups (broad SMARTS) is 1. The highest BCUT2D eigenvalue weighted by molar-refractivity contribution is 7.46. The molecule has 22 heavy (non-hydrogen) atoms. The van der Waals surface area contributed by atoms with E-state index in [4.69, 9.17) is 14.9 Å². The van der Waals surface area contributed by atoms with Gasteiger partial charge in [-0.05, 0) is 6.42 Å². The average molecular weight is 339 g/mol. The predicted molar refractivity (Wildman–Crippen MR) is 80.2 cm³/mol. The number of aliphatic carboxylic acids is 1. The zero-order chi connectivity index (χ0) is 17.0. The quantitative estimate of drug-likeness (QED) is 0.297. The number of hydrogen-bond donors (Lipinski definition) is 4. The Labute approximate surface area is 130 Å². The van der Waals surface area contributed by atoms with Gasteiger partial charge in [-0.2, -0.15) is 0 Å². The van der Waals surface area contributed by atoms with Crippen LogP contribution in [0.15, 0.2) is 0 Å². The first-order valence-electron chi connectivity index (χ1n) is 7.48. The summed E-state index contributed by atoms with van der Waals surface area (Å²) in [6.45, 7) is 1.36. The fourth-order valence-corrected chi connectivity index (χ4v) is 2.20. The molecule has 0 radical (unpaired) electrons. The van der Waals surface area contributed by atoms with Crippen LogP contribution in [0.25, 0.3) is 0 Å². The summed E-state index contributed by atoms with van der Waals surface area (Å²) < 4.78 is 14.6. The van der Waals surface area contributed by atoms with E-state index >= 15 is 0 Å². The standard InChI is InChI=1S/C13H26NO7P/c1-2-3-4-5-6-7-8-9-12(15)14-11(13(16)17)10-21-22(18,19)20/h11H,2-10H2,1H3,(H,14,15)(H,16,17)(H2,18,19,20). The van der Waals surface area contributed by atoms with Gasteiger partial charge in [-0.15, -0.1) is 0 Å². The molecule has 130 valence electrons. The molecular weight excluding hydrogens is 313 g/mol. The van der Waals surface area contributed by atoms with E-state index in [-0.39, 0.29) is 6.42 Å². The van der Waals surface area contributed by atoms with Gasteiger partial charge in [-0.1, -0.05) is 45.4 Å². The lowest BCUT2D eigenvalue weighted by molar-refractivity contribution is -0.142. The number of rotatable bonds is 13. The molecule has 0 spiro atoms. The van der Waals surface area contributed by atoms with Crippen molar-refractivity contribution in [1.29, 1.82) is 0 Å². The molecule has 0 aromatic carbocycles. The number of phosphoric acid groups is 1. The summed E-state index contributed by atoms with van der Waals surface area (Å²) in [6.07, 6.45) is 7.48. The van der Waals surface area contributed by atoms with Gasteiger partial charge in [0.25, 0.3) is 0 Å². The number of phosphoric ester groups is 1. The zero-order valence-corrected chi connectivity index (χ0v) is 13.8. The van der Waals surface area contributed by atoms with Gasteiger partial charge in [0.05, 0.1) is 6.61 Å². The van der Waals surface area contributed by atoms with Crippen molar-refractivity contribution in [3.05, 3.63) is 0 Å². The molecule has 0 heterocycles. The highest BCUT2D eigenvalue weighted by atomic mass is 31.2. The Kier molecular flexibility index (Phi) is 11.1. The molecule has 9 heteroatoms. The Morgan fingerprint density at radius 2 is 1.64 bits per heavy atom. The molecule has 1 amide bonds. The minimum Gasteiger partial charge on any atom is -0.480 e. The minimum absolute atomic E-state index is 0.188. The van der Waals surface area contributed by atoms with Crippen molar-refractivity contribution in [2.75, 3.05) is 6.61 Å². The van der Waals surface area contributed by atoms with Gasteiger partial charge in [0, 0.05) is 6.42 Å². The number of carboxylic acids is 1. The predicted octanol–water partition coefficient (Wildman–Crippen LogP) is 1.81. The van der Waals surface area contributed by atoms with Crippen LogP contribution in [0.2, 0.25) is 0 Å². The molecule has 8 nitrogen and oxygen atoms in total. The molecule has 0 aliphatic heterocycles. The Morgan fingerprint density at radius 3 is 2.14 bits per heavy atom. The maximum absolute atomic E-state index is 11.6. The molecule has 0 aliphatic rings. The summed E-state index contributed by atoms with van der Waals surface area (Å²) in [5.41, 5.74) is 0. The van der Waals surface area contributed by atoms with Crippen LogP contribution in [0.1, 0.15) is 58.3 Å². The van der Waals surface area contributed by atoms with E-state index in [1.807, 2.05) is 0 Å². The fraction of sp³-hybridized carbons (Fsp3) is 0.846. The second-order valence-electron chi connectivity index (χ2n) is 5.12. The minimum atomic E-state index is -4.76. The number of hydrogen-bond acceptors (Lipinski definition) is 4. The second kappa shape index (κ2) is 11.6. The topological polar surface area (TPSA) is 133 Å². The van der Waals surface area contributed by atoms with Crippen molar-refractivity contribution < 1.29 is 33.6 Å². The van der Waals surface area contributed by atoms with Gasteiger partial charge in [0.15, 0.2) is 6.04 Å². The van der Waals surface area contributed by atoms with E-state index < -0.39 is 32.3 Å². The SMILES string of the molecule is CCCCCCCCCC(=O)NC(COP(=O)(O)O)C(=O)O. The highest BCUT2D eigenvalue weighted by Gasteiger charge is 2.24. The molecule has 0 saturated heterocycles. The van der Waals surface area contributed by atoms with Crippen LogP contribution < -0.4 is 5.32 Å². The molecule has 1 atom stereocenters. The molecule has 0 saturated carbocycles. The summed E-state index contributed by atoms with van der Waals surface area (Å²) in [4.78, 5) is 39.5. The molecule has 4 N–H and O–H groups in total. The van der Waals surface area contributed by atoms with Crippen molar-refractivity contribution in [3.63, 3.8) is 0 Å². The van der Waals surface area contributed by atoms with Gasteiger partial charge in [-0.25, -0.2) is 9.36 Å². The van der Waals surface area contributed by atoms with Crippen molar-refractivity contribution in [3.8, 4) is 0 Å². The maximum Gasteiger partial charge on any atom is 0.469 e. The first-order valence-corrected chi connectivity index (χ1v) is 9.01. The average Bonchev–Trinajstić information content (AvgIpc) is 2.41. The van der Waals surface area contributed by atoms with Crippen LogP contribution in [0, 0.1) is 0 Å². The second-order valence-corrected chi connectivity index (χ2v) is 6.36. The zero-order valence-electron chi connectivity index (χ0n) is 12.9. The Bertz CT molecular complexity index is 383. The summed E-state index contributed by atoms with van der Waals surface area (Å²) in [5.74, 6) is -1.86. The number of carbonyl (C=O) groups excluding carboxylic acids is 1. The molecule has 0 aromatic rings. The molecule has 0 bridgehead atoms. The monoisotopic (exact) mass is 339 g/mol. The van der Waals surface area contributed by atoms with E-state index in [1.54, 1.807) is 0 Å². The Balaban J connectivity index is 3.89. The van der Waals surface area contributed by atoms with Crippen molar-refractivity contribution in [2.24, 2.45) is 0 Å². The molecule has 1 unspecified atom stereocenters. The lowest BCUT2D eigenvalue weighted by Crippen LogP contribution is -2.43. The van der Waals surface area contributed by atoms with Crippen molar-refractivity contribution >= 4 is 19.7 Å². The van der Waals surface area contributed by atoms with E-state index in [1.165, 1.54) is 19.3 Å². The number of amides is 1. The van der Waals surface area contributed by atoms with Crippen molar-refractivity contribution in [2.45, 2.75) is 64.3 Å². The molecule has 0 aliphatic carbocycles. The van der Waals surface area contributed by atoms with Crippen LogP contribution in [-0.2, 0) is 18.7 Å².